The van der Waals surface area contributed by atoms with Crippen LogP contribution in [0.5, 0.6) is 0 Å². The first kappa shape index (κ1) is 12.7. The number of rotatable bonds is 4. The van der Waals surface area contributed by atoms with Crippen molar-refractivity contribution in [3.8, 4) is 0 Å². The van der Waals surface area contributed by atoms with E-state index in [0.717, 1.165) is 37.5 Å². The van der Waals surface area contributed by atoms with E-state index in [-0.39, 0.29) is 0 Å². The molecule has 1 atom stereocenters. The molecule has 1 aliphatic heterocycles. The normalized spacial score (nSPS) is 17.6. The summed E-state index contributed by atoms with van der Waals surface area (Å²) in [5.41, 5.74) is 3.74. The van der Waals surface area contributed by atoms with Crippen molar-refractivity contribution in [2.45, 2.75) is 39.7 Å². The Balaban J connectivity index is 2.08. The molecule has 19 heavy (non-hydrogen) atoms. The molecule has 0 bridgehead atoms. The molecule has 102 valence electrons. The van der Waals surface area contributed by atoms with E-state index in [1.54, 1.807) is 0 Å². The minimum absolute atomic E-state index is 0.542. The van der Waals surface area contributed by atoms with Gasteiger partial charge in [-0.3, -0.25) is 0 Å². The summed E-state index contributed by atoms with van der Waals surface area (Å²) in [5.74, 6) is 2.56. The molecule has 1 fully saturated rings. The highest BCUT2D eigenvalue weighted by molar-refractivity contribution is 5.77. The second-order valence-corrected chi connectivity index (χ2v) is 5.82. The number of aromatic nitrogens is 2. The molecule has 1 unspecified atom stereocenters. The second-order valence-electron chi connectivity index (χ2n) is 5.82. The lowest BCUT2D eigenvalue weighted by Gasteiger charge is -2.32. The van der Waals surface area contributed by atoms with Gasteiger partial charge in [-0.05, 0) is 50.0 Å². The van der Waals surface area contributed by atoms with Crippen LogP contribution >= 0.6 is 0 Å². The SMILES string of the molecule is CCCn1c(C(C)C2CNC2)nc2cc(C)ccc21. The number of benzene rings is 1. The molecule has 3 rings (SSSR count). The van der Waals surface area contributed by atoms with Crippen LogP contribution in [0.4, 0.5) is 0 Å². The van der Waals surface area contributed by atoms with Gasteiger partial charge in [0.1, 0.15) is 5.82 Å². The lowest BCUT2D eigenvalue weighted by atomic mass is 9.88. The Morgan fingerprint density at radius 3 is 2.84 bits per heavy atom. The third kappa shape index (κ3) is 2.16. The summed E-state index contributed by atoms with van der Waals surface area (Å²) in [4.78, 5) is 4.93. The Kier molecular flexibility index (Phi) is 3.31. The molecule has 0 radical (unpaired) electrons. The van der Waals surface area contributed by atoms with Gasteiger partial charge in [-0.15, -0.1) is 0 Å². The van der Waals surface area contributed by atoms with Gasteiger partial charge in [-0.25, -0.2) is 4.98 Å². The molecule has 2 heterocycles. The Morgan fingerprint density at radius 1 is 1.42 bits per heavy atom. The van der Waals surface area contributed by atoms with Gasteiger partial charge in [0, 0.05) is 12.5 Å². The number of hydrogen-bond donors (Lipinski definition) is 1. The van der Waals surface area contributed by atoms with Gasteiger partial charge in [0.25, 0.3) is 0 Å². The quantitative estimate of drug-likeness (QED) is 0.912. The van der Waals surface area contributed by atoms with E-state index in [9.17, 15) is 0 Å². The van der Waals surface area contributed by atoms with Crippen LogP contribution in [0.25, 0.3) is 11.0 Å². The van der Waals surface area contributed by atoms with E-state index >= 15 is 0 Å². The molecule has 0 aliphatic carbocycles. The zero-order valence-electron chi connectivity index (χ0n) is 12.1. The number of aryl methyl sites for hydroxylation is 2. The molecular formula is C16H23N3. The molecule has 0 spiro atoms. The van der Waals surface area contributed by atoms with E-state index in [0.29, 0.717) is 5.92 Å². The average molecular weight is 257 g/mol. The number of nitrogens with one attached hydrogen (secondary N) is 1. The summed E-state index contributed by atoms with van der Waals surface area (Å²) in [6, 6.07) is 6.62. The van der Waals surface area contributed by atoms with E-state index in [4.69, 9.17) is 4.98 Å². The first-order valence-electron chi connectivity index (χ1n) is 7.38. The molecule has 2 aromatic rings. The van der Waals surface area contributed by atoms with Gasteiger partial charge < -0.3 is 9.88 Å². The van der Waals surface area contributed by atoms with Gasteiger partial charge in [-0.2, -0.15) is 0 Å². The lowest BCUT2D eigenvalue weighted by Crippen LogP contribution is -2.45. The van der Waals surface area contributed by atoms with Gasteiger partial charge in [0.05, 0.1) is 11.0 Å². The summed E-state index contributed by atoms with van der Waals surface area (Å²) in [5, 5.41) is 3.37. The molecule has 1 saturated heterocycles. The Labute approximate surface area is 115 Å². The molecule has 3 heteroatoms. The minimum atomic E-state index is 0.542. The maximum absolute atomic E-state index is 4.93. The molecule has 3 nitrogen and oxygen atoms in total. The Hall–Kier alpha value is -1.35. The van der Waals surface area contributed by atoms with E-state index in [2.05, 4.69) is 48.9 Å². The highest BCUT2D eigenvalue weighted by Crippen LogP contribution is 2.30. The topological polar surface area (TPSA) is 29.9 Å². The van der Waals surface area contributed by atoms with Crippen LogP contribution < -0.4 is 5.32 Å². The maximum Gasteiger partial charge on any atom is 0.113 e. The number of imidazole rings is 1. The molecule has 1 aromatic heterocycles. The Morgan fingerprint density at radius 2 is 2.21 bits per heavy atom. The fourth-order valence-corrected chi connectivity index (χ4v) is 2.94. The van der Waals surface area contributed by atoms with Gasteiger partial charge in [0.2, 0.25) is 0 Å². The summed E-state index contributed by atoms with van der Waals surface area (Å²) < 4.78 is 2.43. The van der Waals surface area contributed by atoms with Gasteiger partial charge >= 0.3 is 0 Å². The molecule has 1 aliphatic rings. The molecule has 0 amide bonds. The van der Waals surface area contributed by atoms with Crippen molar-refractivity contribution >= 4 is 11.0 Å². The summed E-state index contributed by atoms with van der Waals surface area (Å²) in [6.45, 7) is 10.0. The summed E-state index contributed by atoms with van der Waals surface area (Å²) in [7, 11) is 0. The third-order valence-corrected chi connectivity index (χ3v) is 4.31. The Bertz CT molecular complexity index is 581. The van der Waals surface area contributed by atoms with Crippen molar-refractivity contribution in [2.24, 2.45) is 5.92 Å². The zero-order valence-corrected chi connectivity index (χ0v) is 12.1. The second kappa shape index (κ2) is 4.97. The highest BCUT2D eigenvalue weighted by Gasteiger charge is 2.28. The first-order valence-corrected chi connectivity index (χ1v) is 7.38. The maximum atomic E-state index is 4.93. The van der Waals surface area contributed by atoms with E-state index in [1.165, 1.54) is 16.9 Å². The van der Waals surface area contributed by atoms with Crippen molar-refractivity contribution in [3.63, 3.8) is 0 Å². The largest absolute Gasteiger partial charge is 0.328 e. The van der Waals surface area contributed by atoms with Crippen molar-refractivity contribution in [1.29, 1.82) is 0 Å². The van der Waals surface area contributed by atoms with Crippen molar-refractivity contribution < 1.29 is 0 Å². The standard InChI is InChI=1S/C16H23N3/c1-4-7-19-15-6-5-11(2)8-14(15)18-16(19)12(3)13-9-17-10-13/h5-6,8,12-13,17H,4,7,9-10H2,1-3H3. The van der Waals surface area contributed by atoms with Crippen LogP contribution in [-0.2, 0) is 6.54 Å². The van der Waals surface area contributed by atoms with E-state index in [1.807, 2.05) is 0 Å². The van der Waals surface area contributed by atoms with Crippen LogP contribution in [0.2, 0.25) is 0 Å². The number of hydrogen-bond acceptors (Lipinski definition) is 2. The molecule has 1 N–H and O–H groups in total. The van der Waals surface area contributed by atoms with Gasteiger partial charge in [0.15, 0.2) is 0 Å². The highest BCUT2D eigenvalue weighted by atomic mass is 15.1. The first-order chi connectivity index (χ1) is 9.20. The minimum Gasteiger partial charge on any atom is -0.328 e. The van der Waals surface area contributed by atoms with Crippen molar-refractivity contribution in [3.05, 3.63) is 29.6 Å². The van der Waals surface area contributed by atoms with Gasteiger partial charge in [-0.1, -0.05) is 19.9 Å². The fourth-order valence-electron chi connectivity index (χ4n) is 2.94. The molecule has 1 aromatic carbocycles. The van der Waals surface area contributed by atoms with Crippen LogP contribution in [0, 0.1) is 12.8 Å². The fraction of sp³-hybridized carbons (Fsp3) is 0.562. The van der Waals surface area contributed by atoms with Crippen LogP contribution in [0.1, 0.15) is 37.6 Å². The van der Waals surface area contributed by atoms with Crippen LogP contribution in [0.15, 0.2) is 18.2 Å². The lowest BCUT2D eigenvalue weighted by molar-refractivity contribution is 0.291. The molecular weight excluding hydrogens is 234 g/mol. The van der Waals surface area contributed by atoms with Crippen LogP contribution in [0.3, 0.4) is 0 Å². The number of fused-ring (bicyclic) bond motifs is 1. The number of nitrogens with zero attached hydrogens (tertiary/aromatic N) is 2. The average Bonchev–Trinajstić information content (AvgIpc) is 2.65. The van der Waals surface area contributed by atoms with Crippen molar-refractivity contribution in [2.75, 3.05) is 13.1 Å². The third-order valence-electron chi connectivity index (χ3n) is 4.31. The van der Waals surface area contributed by atoms with E-state index < -0.39 is 0 Å². The predicted octanol–water partition coefficient (Wildman–Crippen LogP) is 3.08. The zero-order chi connectivity index (χ0) is 13.4. The summed E-state index contributed by atoms with van der Waals surface area (Å²) >= 11 is 0. The summed E-state index contributed by atoms with van der Waals surface area (Å²) in [6.07, 6.45) is 1.15. The predicted molar refractivity (Wildman–Crippen MR) is 79.5 cm³/mol. The monoisotopic (exact) mass is 257 g/mol. The van der Waals surface area contributed by atoms with Crippen LogP contribution in [-0.4, -0.2) is 22.6 Å². The molecule has 0 saturated carbocycles. The smallest absolute Gasteiger partial charge is 0.113 e. The van der Waals surface area contributed by atoms with Crippen molar-refractivity contribution in [1.82, 2.24) is 14.9 Å².